The van der Waals surface area contributed by atoms with Gasteiger partial charge in [-0.3, -0.25) is 4.55 Å². The van der Waals surface area contributed by atoms with Crippen molar-refractivity contribution in [2.24, 2.45) is 0 Å². The van der Waals surface area contributed by atoms with E-state index >= 15 is 0 Å². The van der Waals surface area contributed by atoms with E-state index in [0.717, 1.165) is 0 Å². The number of cyclic esters (lactones) is 2. The third-order valence-electron chi connectivity index (χ3n) is 2.21. The van der Waals surface area contributed by atoms with Crippen molar-refractivity contribution in [3.05, 3.63) is 0 Å². The van der Waals surface area contributed by atoms with Crippen LogP contribution in [0.1, 0.15) is 26.2 Å². The first-order valence-corrected chi connectivity index (χ1v) is 6.23. The molecule has 6 nitrogen and oxygen atoms in total. The fourth-order valence-corrected chi connectivity index (χ4v) is 2.48. The van der Waals surface area contributed by atoms with Crippen LogP contribution in [0, 0.1) is 0 Å². The highest BCUT2D eigenvalue weighted by molar-refractivity contribution is 7.86. The quantitative estimate of drug-likeness (QED) is 0.567. The molecule has 1 aliphatic heterocycles. The van der Waals surface area contributed by atoms with E-state index in [4.69, 9.17) is 9.29 Å². The van der Waals surface area contributed by atoms with E-state index in [0.29, 0.717) is 12.8 Å². The van der Waals surface area contributed by atoms with Gasteiger partial charge in [0.1, 0.15) is 12.7 Å². The molecule has 1 rings (SSSR count). The van der Waals surface area contributed by atoms with Gasteiger partial charge in [0.15, 0.2) is 0 Å². The Kier molecular flexibility index (Phi) is 3.92. The normalized spacial score (nSPS) is 23.3. The molecule has 0 aromatic heterocycles. The molecule has 0 aromatic rings. The van der Waals surface area contributed by atoms with Crippen molar-refractivity contribution in [2.45, 2.75) is 37.5 Å². The summed E-state index contributed by atoms with van der Waals surface area (Å²) in [5, 5.41) is -0.887. The first-order chi connectivity index (χ1) is 6.93. The third kappa shape index (κ3) is 3.67. The Morgan fingerprint density at radius 3 is 2.67 bits per heavy atom. The molecular weight excluding hydrogens is 224 g/mol. The van der Waals surface area contributed by atoms with E-state index in [1.54, 1.807) is 0 Å². The maximum atomic E-state index is 11.0. The highest BCUT2D eigenvalue weighted by Gasteiger charge is 2.32. The maximum Gasteiger partial charge on any atom is 0.508 e. The first-order valence-electron chi connectivity index (χ1n) is 4.73. The number of ether oxygens (including phenoxy) is 2. The smallest absolute Gasteiger partial charge is 0.430 e. The molecule has 1 saturated heterocycles. The van der Waals surface area contributed by atoms with Gasteiger partial charge in [0.05, 0.1) is 5.25 Å². The second-order valence-corrected chi connectivity index (χ2v) is 5.16. The molecule has 88 valence electrons. The number of hydrogen-bond donors (Lipinski definition) is 1. The second-order valence-electron chi connectivity index (χ2n) is 3.46. The van der Waals surface area contributed by atoms with Crippen LogP contribution in [-0.4, -0.2) is 37.1 Å². The van der Waals surface area contributed by atoms with Crippen molar-refractivity contribution in [3.8, 4) is 0 Å². The van der Waals surface area contributed by atoms with Gasteiger partial charge in [0.25, 0.3) is 10.1 Å². The Hall–Kier alpha value is -0.820. The van der Waals surface area contributed by atoms with Gasteiger partial charge in [0, 0.05) is 6.42 Å². The van der Waals surface area contributed by atoms with Crippen molar-refractivity contribution in [2.75, 3.05) is 6.61 Å². The molecule has 15 heavy (non-hydrogen) atoms. The Labute approximate surface area is 88.3 Å². The van der Waals surface area contributed by atoms with Crippen LogP contribution >= 0.6 is 0 Å². The van der Waals surface area contributed by atoms with Crippen LogP contribution in [0.2, 0.25) is 0 Å². The van der Waals surface area contributed by atoms with Crippen LogP contribution in [0.3, 0.4) is 0 Å². The Balaban J connectivity index is 2.55. The Bertz CT molecular complexity index is 322. The molecule has 1 fully saturated rings. The average molecular weight is 238 g/mol. The minimum absolute atomic E-state index is 0.0502. The van der Waals surface area contributed by atoms with Crippen molar-refractivity contribution in [3.63, 3.8) is 0 Å². The van der Waals surface area contributed by atoms with E-state index in [-0.39, 0.29) is 13.0 Å². The summed E-state index contributed by atoms with van der Waals surface area (Å²) in [6, 6.07) is 0. The second kappa shape index (κ2) is 4.80. The fourth-order valence-electron chi connectivity index (χ4n) is 1.48. The lowest BCUT2D eigenvalue weighted by Crippen LogP contribution is -2.27. The summed E-state index contributed by atoms with van der Waals surface area (Å²) in [4.78, 5) is 10.6. The minimum atomic E-state index is -4.08. The SMILES string of the molecule is CCCC(CC1COC(=O)O1)S(=O)(=O)O. The lowest BCUT2D eigenvalue weighted by atomic mass is 10.1. The highest BCUT2D eigenvalue weighted by Crippen LogP contribution is 2.19. The summed E-state index contributed by atoms with van der Waals surface area (Å²) in [6.07, 6.45) is -0.307. The predicted molar refractivity (Wildman–Crippen MR) is 51.1 cm³/mol. The Morgan fingerprint density at radius 2 is 2.27 bits per heavy atom. The third-order valence-corrected chi connectivity index (χ3v) is 3.48. The number of rotatable bonds is 5. The summed E-state index contributed by atoms with van der Waals surface area (Å²) in [6.45, 7) is 1.86. The van der Waals surface area contributed by atoms with Gasteiger partial charge < -0.3 is 9.47 Å². The first kappa shape index (κ1) is 12.3. The number of hydrogen-bond acceptors (Lipinski definition) is 5. The molecule has 2 atom stereocenters. The van der Waals surface area contributed by atoms with Gasteiger partial charge in [0.2, 0.25) is 0 Å². The van der Waals surface area contributed by atoms with Crippen molar-refractivity contribution in [1.29, 1.82) is 0 Å². The summed E-state index contributed by atoms with van der Waals surface area (Å²) in [5.74, 6) is 0. The number of carbonyl (C=O) groups excluding carboxylic acids is 1. The fraction of sp³-hybridized carbons (Fsp3) is 0.875. The van der Waals surface area contributed by atoms with Gasteiger partial charge >= 0.3 is 6.16 Å². The van der Waals surface area contributed by atoms with Crippen molar-refractivity contribution < 1.29 is 27.2 Å². The van der Waals surface area contributed by atoms with E-state index < -0.39 is 27.6 Å². The van der Waals surface area contributed by atoms with Gasteiger partial charge in [-0.15, -0.1) is 0 Å². The molecule has 0 aromatic carbocycles. The van der Waals surface area contributed by atoms with Crippen LogP contribution in [0.5, 0.6) is 0 Å². The number of carbonyl (C=O) groups is 1. The highest BCUT2D eigenvalue weighted by atomic mass is 32.2. The molecule has 0 aliphatic carbocycles. The Morgan fingerprint density at radius 1 is 1.60 bits per heavy atom. The van der Waals surface area contributed by atoms with E-state index in [1.807, 2.05) is 6.92 Å². The lowest BCUT2D eigenvalue weighted by molar-refractivity contribution is 0.115. The maximum absolute atomic E-state index is 11.0. The zero-order chi connectivity index (χ0) is 11.5. The topological polar surface area (TPSA) is 89.9 Å². The van der Waals surface area contributed by atoms with Gasteiger partial charge in [-0.1, -0.05) is 13.3 Å². The molecule has 0 bridgehead atoms. The predicted octanol–water partition coefficient (Wildman–Crippen LogP) is 0.968. The zero-order valence-corrected chi connectivity index (χ0v) is 9.20. The molecular formula is C8H14O6S. The van der Waals surface area contributed by atoms with E-state index in [9.17, 15) is 13.2 Å². The standard InChI is InChI=1S/C8H14O6S/c1-2-3-7(15(10,11)12)4-6-5-13-8(9)14-6/h6-7H,2-5H2,1H3,(H,10,11,12). The zero-order valence-electron chi connectivity index (χ0n) is 8.38. The summed E-state index contributed by atoms with van der Waals surface area (Å²) >= 11 is 0. The minimum Gasteiger partial charge on any atom is -0.430 e. The van der Waals surface area contributed by atoms with Gasteiger partial charge in [-0.05, 0) is 6.42 Å². The summed E-state index contributed by atoms with van der Waals surface area (Å²) in [7, 11) is -4.08. The van der Waals surface area contributed by atoms with E-state index in [2.05, 4.69) is 4.74 Å². The molecule has 1 heterocycles. The molecule has 1 N–H and O–H groups in total. The van der Waals surface area contributed by atoms with Crippen molar-refractivity contribution in [1.82, 2.24) is 0 Å². The van der Waals surface area contributed by atoms with Gasteiger partial charge in [-0.25, -0.2) is 4.79 Å². The lowest BCUT2D eigenvalue weighted by Gasteiger charge is -2.14. The van der Waals surface area contributed by atoms with Crippen LogP contribution in [0.15, 0.2) is 0 Å². The van der Waals surface area contributed by atoms with E-state index in [1.165, 1.54) is 0 Å². The molecule has 0 saturated carbocycles. The van der Waals surface area contributed by atoms with Crippen LogP contribution in [-0.2, 0) is 19.6 Å². The van der Waals surface area contributed by atoms with Crippen LogP contribution < -0.4 is 0 Å². The van der Waals surface area contributed by atoms with Crippen molar-refractivity contribution >= 4 is 16.3 Å². The molecule has 7 heteroatoms. The average Bonchev–Trinajstić information content (AvgIpc) is 2.49. The van der Waals surface area contributed by atoms with Crippen LogP contribution in [0.25, 0.3) is 0 Å². The molecule has 0 radical (unpaired) electrons. The molecule has 0 amide bonds. The van der Waals surface area contributed by atoms with Crippen LogP contribution in [0.4, 0.5) is 4.79 Å². The van der Waals surface area contributed by atoms with Gasteiger partial charge in [-0.2, -0.15) is 8.42 Å². The molecule has 1 aliphatic rings. The largest absolute Gasteiger partial charge is 0.508 e. The summed E-state index contributed by atoms with van der Waals surface area (Å²) in [5.41, 5.74) is 0. The molecule has 2 unspecified atom stereocenters. The summed E-state index contributed by atoms with van der Waals surface area (Å²) < 4.78 is 40.1. The monoisotopic (exact) mass is 238 g/mol. The molecule has 0 spiro atoms.